The van der Waals surface area contributed by atoms with Crippen LogP contribution in [-0.4, -0.2) is 9.97 Å². The molecule has 0 saturated heterocycles. The summed E-state index contributed by atoms with van der Waals surface area (Å²) in [6.45, 7) is 6.34. The Morgan fingerprint density at radius 2 is 2.07 bits per heavy atom. The van der Waals surface area contributed by atoms with E-state index in [2.05, 4.69) is 48.9 Å². The van der Waals surface area contributed by atoms with Gasteiger partial charge in [0.05, 0.1) is 11.9 Å². The Hall–Kier alpha value is -1.57. The number of aromatic amines is 1. The normalized spacial score (nSPS) is 10.6. The lowest BCUT2D eigenvalue weighted by Gasteiger charge is -2.04. The predicted molar refractivity (Wildman–Crippen MR) is 62.9 cm³/mol. The molecule has 2 rings (SSSR count). The Morgan fingerprint density at radius 1 is 1.27 bits per heavy atom. The van der Waals surface area contributed by atoms with E-state index in [9.17, 15) is 0 Å². The lowest BCUT2D eigenvalue weighted by Crippen LogP contribution is -1.86. The number of imidazole rings is 1. The van der Waals surface area contributed by atoms with Gasteiger partial charge in [-0.3, -0.25) is 0 Å². The van der Waals surface area contributed by atoms with Crippen molar-refractivity contribution in [2.75, 3.05) is 0 Å². The molecular weight excluding hydrogens is 184 g/mol. The van der Waals surface area contributed by atoms with Crippen LogP contribution in [0.25, 0.3) is 11.3 Å². The van der Waals surface area contributed by atoms with Crippen LogP contribution in [0.3, 0.4) is 0 Å². The first-order chi connectivity index (χ1) is 7.20. The van der Waals surface area contributed by atoms with E-state index in [-0.39, 0.29) is 0 Å². The van der Waals surface area contributed by atoms with Gasteiger partial charge < -0.3 is 4.98 Å². The number of hydrogen-bond donors (Lipinski definition) is 1. The molecule has 0 aliphatic carbocycles. The Morgan fingerprint density at radius 3 is 2.73 bits per heavy atom. The van der Waals surface area contributed by atoms with Crippen LogP contribution in [0.1, 0.15) is 23.9 Å². The average Bonchev–Trinajstić information content (AvgIpc) is 2.70. The highest BCUT2D eigenvalue weighted by Gasteiger charge is 2.05. The van der Waals surface area contributed by atoms with E-state index >= 15 is 0 Å². The fourth-order valence-electron chi connectivity index (χ4n) is 1.71. The van der Waals surface area contributed by atoms with Gasteiger partial charge in [0.25, 0.3) is 0 Å². The number of nitrogens with zero attached hydrogens (tertiary/aromatic N) is 1. The summed E-state index contributed by atoms with van der Waals surface area (Å²) >= 11 is 0. The highest BCUT2D eigenvalue weighted by Crippen LogP contribution is 2.22. The lowest BCUT2D eigenvalue weighted by atomic mass is 10.0. The highest BCUT2D eigenvalue weighted by molar-refractivity contribution is 5.63. The fraction of sp³-hybridized carbons (Fsp3) is 0.308. The van der Waals surface area contributed by atoms with Crippen LogP contribution < -0.4 is 0 Å². The van der Waals surface area contributed by atoms with Crippen molar-refractivity contribution in [3.63, 3.8) is 0 Å². The van der Waals surface area contributed by atoms with Gasteiger partial charge in [-0.2, -0.15) is 0 Å². The lowest BCUT2D eigenvalue weighted by molar-refractivity contribution is 0.990. The van der Waals surface area contributed by atoms with Gasteiger partial charge in [0, 0.05) is 12.0 Å². The molecule has 2 nitrogen and oxygen atoms in total. The van der Waals surface area contributed by atoms with Gasteiger partial charge in [-0.05, 0) is 25.5 Å². The van der Waals surface area contributed by atoms with E-state index in [1.54, 1.807) is 0 Å². The summed E-state index contributed by atoms with van der Waals surface area (Å²) < 4.78 is 0. The van der Waals surface area contributed by atoms with Crippen molar-refractivity contribution in [1.82, 2.24) is 9.97 Å². The van der Waals surface area contributed by atoms with E-state index in [4.69, 9.17) is 0 Å². The topological polar surface area (TPSA) is 28.7 Å². The molecule has 2 aromatic rings. The second-order valence-electron chi connectivity index (χ2n) is 3.92. The predicted octanol–water partition coefficient (Wildman–Crippen LogP) is 3.26. The first-order valence-electron chi connectivity index (χ1n) is 5.32. The molecule has 0 aliphatic heterocycles. The molecule has 0 amide bonds. The van der Waals surface area contributed by atoms with Gasteiger partial charge in [0.1, 0.15) is 5.82 Å². The van der Waals surface area contributed by atoms with Gasteiger partial charge in [-0.15, -0.1) is 0 Å². The molecule has 15 heavy (non-hydrogen) atoms. The maximum absolute atomic E-state index is 4.33. The first kappa shape index (κ1) is 9.97. The smallest absolute Gasteiger partial charge is 0.106 e. The Kier molecular flexibility index (Phi) is 2.58. The van der Waals surface area contributed by atoms with Crippen LogP contribution in [0.4, 0.5) is 0 Å². The highest BCUT2D eigenvalue weighted by atomic mass is 14.9. The van der Waals surface area contributed by atoms with Crippen LogP contribution in [0.15, 0.2) is 24.4 Å². The molecular formula is C13H16N2. The van der Waals surface area contributed by atoms with Gasteiger partial charge in [-0.1, -0.05) is 24.6 Å². The van der Waals surface area contributed by atoms with E-state index < -0.39 is 0 Å². The van der Waals surface area contributed by atoms with Crippen LogP contribution in [-0.2, 0) is 6.42 Å². The van der Waals surface area contributed by atoms with E-state index in [1.807, 2.05) is 6.20 Å². The molecule has 0 spiro atoms. The van der Waals surface area contributed by atoms with Gasteiger partial charge in [0.15, 0.2) is 0 Å². The van der Waals surface area contributed by atoms with Crippen molar-refractivity contribution in [3.05, 3.63) is 41.3 Å². The second-order valence-corrected chi connectivity index (χ2v) is 3.92. The van der Waals surface area contributed by atoms with Crippen molar-refractivity contribution in [2.45, 2.75) is 27.2 Å². The molecule has 0 radical (unpaired) electrons. The molecule has 0 atom stereocenters. The summed E-state index contributed by atoms with van der Waals surface area (Å²) in [4.78, 5) is 7.66. The number of aryl methyl sites for hydroxylation is 3. The van der Waals surface area contributed by atoms with Crippen molar-refractivity contribution in [1.29, 1.82) is 0 Å². The Labute approximate surface area is 90.4 Å². The minimum absolute atomic E-state index is 0.949. The Bertz CT molecular complexity index is 469. The van der Waals surface area contributed by atoms with Crippen molar-refractivity contribution < 1.29 is 0 Å². The first-order valence-corrected chi connectivity index (χ1v) is 5.32. The van der Waals surface area contributed by atoms with E-state index in [0.717, 1.165) is 17.9 Å². The molecule has 0 fully saturated rings. The third-order valence-electron chi connectivity index (χ3n) is 2.65. The molecule has 0 aliphatic rings. The summed E-state index contributed by atoms with van der Waals surface area (Å²) in [6, 6.07) is 6.48. The standard InChI is InChI=1S/C13H16N2/c1-4-13-14-8-12(15-13)11-7-9(2)5-6-10(11)3/h5-8H,4H2,1-3H3,(H,14,15). The summed E-state index contributed by atoms with van der Waals surface area (Å²) in [5.74, 6) is 1.05. The number of rotatable bonds is 2. The minimum Gasteiger partial charge on any atom is -0.342 e. The Balaban J connectivity index is 2.48. The summed E-state index contributed by atoms with van der Waals surface area (Å²) in [7, 11) is 0. The maximum atomic E-state index is 4.33. The second kappa shape index (κ2) is 3.89. The molecule has 2 heteroatoms. The molecule has 1 aromatic heterocycles. The third kappa shape index (κ3) is 1.94. The van der Waals surface area contributed by atoms with Crippen LogP contribution in [0.5, 0.6) is 0 Å². The zero-order valence-electron chi connectivity index (χ0n) is 9.46. The van der Waals surface area contributed by atoms with Crippen LogP contribution in [0.2, 0.25) is 0 Å². The largest absolute Gasteiger partial charge is 0.342 e. The molecule has 78 valence electrons. The van der Waals surface area contributed by atoms with Crippen molar-refractivity contribution in [3.8, 4) is 11.3 Å². The number of aromatic nitrogens is 2. The molecule has 1 N–H and O–H groups in total. The summed E-state index contributed by atoms with van der Waals surface area (Å²) in [6.07, 6.45) is 2.87. The van der Waals surface area contributed by atoms with Crippen LogP contribution >= 0.6 is 0 Å². The van der Waals surface area contributed by atoms with E-state index in [1.165, 1.54) is 16.7 Å². The van der Waals surface area contributed by atoms with Crippen molar-refractivity contribution >= 4 is 0 Å². The molecule has 0 saturated carbocycles. The zero-order chi connectivity index (χ0) is 10.8. The SMILES string of the molecule is CCc1ncc(-c2cc(C)ccc2C)[nH]1. The minimum atomic E-state index is 0.949. The summed E-state index contributed by atoms with van der Waals surface area (Å²) in [5, 5.41) is 0. The number of nitrogens with one attached hydrogen (secondary N) is 1. The molecule has 0 bridgehead atoms. The van der Waals surface area contributed by atoms with Crippen molar-refractivity contribution in [2.24, 2.45) is 0 Å². The number of benzene rings is 1. The number of hydrogen-bond acceptors (Lipinski definition) is 1. The third-order valence-corrected chi connectivity index (χ3v) is 2.65. The average molecular weight is 200 g/mol. The van der Waals surface area contributed by atoms with Crippen LogP contribution in [0, 0.1) is 13.8 Å². The van der Waals surface area contributed by atoms with Gasteiger partial charge in [0.2, 0.25) is 0 Å². The van der Waals surface area contributed by atoms with Gasteiger partial charge in [-0.25, -0.2) is 4.98 Å². The quantitative estimate of drug-likeness (QED) is 0.792. The van der Waals surface area contributed by atoms with Gasteiger partial charge >= 0.3 is 0 Å². The zero-order valence-corrected chi connectivity index (χ0v) is 9.46. The molecule has 1 heterocycles. The molecule has 0 unspecified atom stereocenters. The maximum Gasteiger partial charge on any atom is 0.106 e. The fourth-order valence-corrected chi connectivity index (χ4v) is 1.71. The molecule has 1 aromatic carbocycles. The monoisotopic (exact) mass is 200 g/mol. The number of H-pyrrole nitrogens is 1. The van der Waals surface area contributed by atoms with E-state index in [0.29, 0.717) is 0 Å². The summed E-state index contributed by atoms with van der Waals surface area (Å²) in [5.41, 5.74) is 4.94.